The Morgan fingerprint density at radius 2 is 1.44 bits per heavy atom. The van der Waals surface area contributed by atoms with Gasteiger partial charge in [-0.25, -0.2) is 0 Å². The highest BCUT2D eigenvalue weighted by Gasteiger charge is 2.09. The Balaban J connectivity index is 1.64. The lowest BCUT2D eigenvalue weighted by atomic mass is 10.3. The minimum absolute atomic E-state index is 0.254. The van der Waals surface area contributed by atoms with Gasteiger partial charge in [-0.15, -0.1) is 0 Å². The maximum Gasteiger partial charge on any atom is 0.233 e. The summed E-state index contributed by atoms with van der Waals surface area (Å²) < 4.78 is 15.9. The van der Waals surface area contributed by atoms with Gasteiger partial charge in [0.15, 0.2) is 0 Å². The number of anilines is 1. The molecular weight excluding hydrogens is 348 g/mol. The Morgan fingerprint density at radius 3 is 2.07 bits per heavy atom. The van der Waals surface area contributed by atoms with E-state index in [-0.39, 0.29) is 18.2 Å². The second-order valence-corrected chi connectivity index (χ2v) is 5.56. The molecule has 0 aliphatic rings. The first-order chi connectivity index (χ1) is 13.1. The monoisotopic (exact) mass is 372 g/mol. The molecule has 2 amide bonds. The van der Waals surface area contributed by atoms with Crippen molar-refractivity contribution < 1.29 is 23.8 Å². The molecule has 0 radical (unpaired) electrons. The molecule has 7 nitrogen and oxygen atoms in total. The largest absolute Gasteiger partial charge is 0.497 e. The molecule has 0 heterocycles. The van der Waals surface area contributed by atoms with Gasteiger partial charge in [0, 0.05) is 5.69 Å². The molecule has 0 bridgehead atoms. The summed E-state index contributed by atoms with van der Waals surface area (Å²) in [5.41, 5.74) is 0.610. The highest BCUT2D eigenvalue weighted by molar-refractivity contribution is 6.03. The van der Waals surface area contributed by atoms with Crippen LogP contribution in [0.25, 0.3) is 0 Å². The minimum Gasteiger partial charge on any atom is -0.497 e. The third-order valence-electron chi connectivity index (χ3n) is 3.52. The fourth-order valence-corrected chi connectivity index (χ4v) is 2.25. The maximum atomic E-state index is 11.9. The second-order valence-electron chi connectivity index (χ2n) is 5.56. The molecule has 0 fully saturated rings. The molecule has 0 saturated heterocycles. The summed E-state index contributed by atoms with van der Waals surface area (Å²) in [5, 5.41) is 5.32. The van der Waals surface area contributed by atoms with Crippen LogP contribution in [-0.4, -0.2) is 38.7 Å². The van der Waals surface area contributed by atoms with Crippen molar-refractivity contribution in [1.29, 1.82) is 0 Å². The number of rotatable bonds is 10. The first-order valence-electron chi connectivity index (χ1n) is 8.67. The highest BCUT2D eigenvalue weighted by atomic mass is 16.5. The summed E-state index contributed by atoms with van der Waals surface area (Å²) in [5.74, 6) is 1.40. The molecule has 0 spiro atoms. The van der Waals surface area contributed by atoms with Gasteiger partial charge < -0.3 is 24.8 Å². The van der Waals surface area contributed by atoms with Crippen molar-refractivity contribution in [1.82, 2.24) is 5.32 Å². The van der Waals surface area contributed by atoms with Gasteiger partial charge in [0.05, 0.1) is 20.3 Å². The average Bonchev–Trinajstić information content (AvgIpc) is 2.67. The Bertz CT molecular complexity index is 729. The van der Waals surface area contributed by atoms with E-state index < -0.39 is 0 Å². The van der Waals surface area contributed by atoms with E-state index in [2.05, 4.69) is 10.6 Å². The van der Waals surface area contributed by atoms with E-state index in [1.807, 2.05) is 6.92 Å². The standard InChI is InChI=1S/C20H24N2O5/c1-3-26-17-6-4-15(5-7-17)22-20(24)14-19(23)21-12-13-27-18-10-8-16(25-2)9-11-18/h4-11H,3,12-14H2,1-2H3,(H,21,23)(H,22,24). The number of carbonyl (C=O) groups is 2. The number of carbonyl (C=O) groups excluding carboxylic acids is 2. The van der Waals surface area contributed by atoms with Crippen molar-refractivity contribution in [2.24, 2.45) is 0 Å². The van der Waals surface area contributed by atoms with Gasteiger partial charge in [-0.3, -0.25) is 9.59 Å². The number of hydrogen-bond acceptors (Lipinski definition) is 5. The molecule has 144 valence electrons. The van der Waals surface area contributed by atoms with E-state index in [4.69, 9.17) is 14.2 Å². The van der Waals surface area contributed by atoms with E-state index in [1.165, 1.54) is 0 Å². The molecule has 2 aromatic rings. The smallest absolute Gasteiger partial charge is 0.233 e. The fraction of sp³-hybridized carbons (Fsp3) is 0.300. The SMILES string of the molecule is CCOc1ccc(NC(=O)CC(=O)NCCOc2ccc(OC)cc2)cc1. The van der Waals surface area contributed by atoms with Gasteiger partial charge in [-0.2, -0.15) is 0 Å². The second kappa shape index (κ2) is 10.7. The predicted molar refractivity (Wildman–Crippen MR) is 102 cm³/mol. The van der Waals surface area contributed by atoms with E-state index in [1.54, 1.807) is 55.6 Å². The number of nitrogens with one attached hydrogen (secondary N) is 2. The van der Waals surface area contributed by atoms with Crippen LogP contribution < -0.4 is 24.8 Å². The van der Waals surface area contributed by atoms with Crippen molar-refractivity contribution in [2.75, 3.05) is 32.2 Å². The zero-order valence-corrected chi connectivity index (χ0v) is 15.5. The van der Waals surface area contributed by atoms with Gasteiger partial charge in [-0.1, -0.05) is 0 Å². The van der Waals surface area contributed by atoms with Crippen molar-refractivity contribution in [3.63, 3.8) is 0 Å². The summed E-state index contributed by atoms with van der Waals surface area (Å²) in [6.07, 6.45) is -0.254. The van der Waals surface area contributed by atoms with Crippen LogP contribution in [0, 0.1) is 0 Å². The topological polar surface area (TPSA) is 85.9 Å². The Labute approximate surface area is 158 Å². The number of amides is 2. The summed E-state index contributed by atoms with van der Waals surface area (Å²) in [4.78, 5) is 23.7. The van der Waals surface area contributed by atoms with Crippen molar-refractivity contribution in [2.45, 2.75) is 13.3 Å². The molecular formula is C20H24N2O5. The average molecular weight is 372 g/mol. The van der Waals surface area contributed by atoms with Crippen LogP contribution in [0.5, 0.6) is 17.2 Å². The first kappa shape index (κ1) is 20.1. The normalized spacial score (nSPS) is 10.0. The predicted octanol–water partition coefficient (Wildman–Crippen LogP) is 2.62. The molecule has 0 unspecified atom stereocenters. The number of methoxy groups -OCH3 is 1. The third-order valence-corrected chi connectivity index (χ3v) is 3.52. The van der Waals surface area contributed by atoms with Gasteiger partial charge in [0.2, 0.25) is 11.8 Å². The maximum absolute atomic E-state index is 11.9. The lowest BCUT2D eigenvalue weighted by molar-refractivity contribution is -0.126. The number of ether oxygens (including phenoxy) is 3. The van der Waals surface area contributed by atoms with Gasteiger partial charge >= 0.3 is 0 Å². The van der Waals surface area contributed by atoms with Crippen LogP contribution >= 0.6 is 0 Å². The van der Waals surface area contributed by atoms with E-state index in [9.17, 15) is 9.59 Å². The molecule has 0 saturated carbocycles. The summed E-state index contributed by atoms with van der Waals surface area (Å²) >= 11 is 0. The molecule has 0 aliphatic heterocycles. The molecule has 2 rings (SSSR count). The van der Waals surface area contributed by atoms with Crippen molar-refractivity contribution in [3.8, 4) is 17.2 Å². The van der Waals surface area contributed by atoms with E-state index in [0.717, 1.165) is 11.5 Å². The summed E-state index contributed by atoms with van der Waals surface area (Å²) in [7, 11) is 1.59. The Hall–Kier alpha value is -3.22. The van der Waals surface area contributed by atoms with E-state index in [0.29, 0.717) is 31.2 Å². The van der Waals surface area contributed by atoms with E-state index >= 15 is 0 Å². The van der Waals surface area contributed by atoms with Crippen molar-refractivity contribution in [3.05, 3.63) is 48.5 Å². The third kappa shape index (κ3) is 7.27. The Kier molecular flexibility index (Phi) is 7.96. The molecule has 2 N–H and O–H groups in total. The molecule has 2 aromatic carbocycles. The van der Waals surface area contributed by atoms with Crippen LogP contribution in [0.2, 0.25) is 0 Å². The van der Waals surface area contributed by atoms with Gasteiger partial charge in [-0.05, 0) is 55.5 Å². The lowest BCUT2D eigenvalue weighted by Gasteiger charge is -2.09. The summed E-state index contributed by atoms with van der Waals surface area (Å²) in [6.45, 7) is 3.09. The lowest BCUT2D eigenvalue weighted by Crippen LogP contribution is -2.31. The zero-order valence-electron chi connectivity index (χ0n) is 15.5. The molecule has 0 atom stereocenters. The molecule has 0 aliphatic carbocycles. The van der Waals surface area contributed by atoms with Gasteiger partial charge in [0.1, 0.15) is 30.3 Å². The quantitative estimate of drug-likeness (QED) is 0.495. The Morgan fingerprint density at radius 1 is 0.852 bits per heavy atom. The van der Waals surface area contributed by atoms with Crippen LogP contribution in [0.3, 0.4) is 0 Å². The van der Waals surface area contributed by atoms with Crippen LogP contribution in [0.1, 0.15) is 13.3 Å². The van der Waals surface area contributed by atoms with Crippen LogP contribution in [-0.2, 0) is 9.59 Å². The zero-order chi connectivity index (χ0) is 19.5. The molecule has 0 aromatic heterocycles. The summed E-state index contributed by atoms with van der Waals surface area (Å²) in [6, 6.07) is 14.1. The van der Waals surface area contributed by atoms with Crippen LogP contribution in [0.15, 0.2) is 48.5 Å². The number of hydrogen-bond donors (Lipinski definition) is 2. The van der Waals surface area contributed by atoms with Crippen molar-refractivity contribution >= 4 is 17.5 Å². The first-order valence-corrected chi connectivity index (χ1v) is 8.67. The minimum atomic E-state index is -0.382. The fourth-order valence-electron chi connectivity index (χ4n) is 2.25. The van der Waals surface area contributed by atoms with Gasteiger partial charge in [0.25, 0.3) is 0 Å². The molecule has 7 heteroatoms. The van der Waals surface area contributed by atoms with Crippen LogP contribution in [0.4, 0.5) is 5.69 Å². The molecule has 27 heavy (non-hydrogen) atoms. The highest BCUT2D eigenvalue weighted by Crippen LogP contribution is 2.17. The number of benzene rings is 2.